The van der Waals surface area contributed by atoms with Crippen LogP contribution in [0.1, 0.15) is 13.3 Å². The molecule has 1 unspecified atom stereocenters. The molecule has 0 rings (SSSR count). The Labute approximate surface area is 83.2 Å². The van der Waals surface area contributed by atoms with Crippen molar-refractivity contribution in [1.29, 1.82) is 0 Å². The van der Waals surface area contributed by atoms with Crippen LogP contribution < -0.4 is 5.73 Å². The van der Waals surface area contributed by atoms with Gasteiger partial charge >= 0.3 is 5.97 Å². The summed E-state index contributed by atoms with van der Waals surface area (Å²) in [5.41, 5.74) is 5.05. The van der Waals surface area contributed by atoms with Gasteiger partial charge in [-0.2, -0.15) is 0 Å². The number of ketones is 1. The van der Waals surface area contributed by atoms with Crippen LogP contribution >= 0.6 is 12.4 Å². The Balaban J connectivity index is 0. The standard InChI is InChI=1S/C8H13NO3.ClH/c1-2-3-6(8(11)12)4-7(10)5-9;/h2-3,6H,4-5,9H2,1H3,(H,11,12);1H. The van der Waals surface area contributed by atoms with E-state index >= 15 is 0 Å². The topological polar surface area (TPSA) is 80.4 Å². The van der Waals surface area contributed by atoms with Crippen LogP contribution in [-0.4, -0.2) is 23.4 Å². The molecule has 0 heterocycles. The van der Waals surface area contributed by atoms with E-state index in [1.807, 2.05) is 0 Å². The second-order valence-electron chi connectivity index (χ2n) is 2.42. The van der Waals surface area contributed by atoms with E-state index in [4.69, 9.17) is 10.8 Å². The average Bonchev–Trinajstić information content (AvgIpc) is 2.03. The summed E-state index contributed by atoms with van der Waals surface area (Å²) in [4.78, 5) is 21.3. The number of carbonyl (C=O) groups is 2. The van der Waals surface area contributed by atoms with Crippen molar-refractivity contribution in [2.24, 2.45) is 11.7 Å². The summed E-state index contributed by atoms with van der Waals surface area (Å²) in [6.07, 6.45) is 3.08. The number of hydrogen-bond acceptors (Lipinski definition) is 3. The number of aliphatic carboxylic acids is 1. The average molecular weight is 208 g/mol. The van der Waals surface area contributed by atoms with Crippen LogP contribution in [0.5, 0.6) is 0 Å². The number of allylic oxidation sites excluding steroid dienone is 1. The summed E-state index contributed by atoms with van der Waals surface area (Å²) in [6.45, 7) is 1.62. The zero-order chi connectivity index (χ0) is 9.56. The fourth-order valence-corrected chi connectivity index (χ4v) is 0.799. The van der Waals surface area contributed by atoms with E-state index in [0.29, 0.717) is 0 Å². The highest BCUT2D eigenvalue weighted by atomic mass is 35.5. The molecule has 0 aromatic carbocycles. The quantitative estimate of drug-likeness (QED) is 0.647. The van der Waals surface area contributed by atoms with E-state index < -0.39 is 11.9 Å². The van der Waals surface area contributed by atoms with Crippen molar-refractivity contribution in [2.45, 2.75) is 13.3 Å². The molecule has 0 amide bonds. The van der Waals surface area contributed by atoms with Gasteiger partial charge in [0.2, 0.25) is 0 Å². The van der Waals surface area contributed by atoms with E-state index in [2.05, 4.69) is 0 Å². The van der Waals surface area contributed by atoms with Crippen molar-refractivity contribution in [3.63, 3.8) is 0 Å². The van der Waals surface area contributed by atoms with Crippen LogP contribution in [0.2, 0.25) is 0 Å². The fraction of sp³-hybridized carbons (Fsp3) is 0.500. The lowest BCUT2D eigenvalue weighted by Crippen LogP contribution is -2.21. The van der Waals surface area contributed by atoms with E-state index in [0.717, 1.165) is 0 Å². The molecule has 3 N–H and O–H groups in total. The van der Waals surface area contributed by atoms with Gasteiger partial charge < -0.3 is 10.8 Å². The van der Waals surface area contributed by atoms with E-state index in [1.54, 1.807) is 13.0 Å². The van der Waals surface area contributed by atoms with Gasteiger partial charge in [-0.05, 0) is 6.92 Å². The number of carboxylic acids is 1. The summed E-state index contributed by atoms with van der Waals surface area (Å²) in [5, 5.41) is 8.60. The van der Waals surface area contributed by atoms with Crippen molar-refractivity contribution in [1.82, 2.24) is 0 Å². The maximum Gasteiger partial charge on any atom is 0.310 e. The molecule has 0 aliphatic rings. The number of hydrogen-bond donors (Lipinski definition) is 2. The van der Waals surface area contributed by atoms with Crippen LogP contribution in [0.15, 0.2) is 12.2 Å². The highest BCUT2D eigenvalue weighted by molar-refractivity contribution is 5.86. The van der Waals surface area contributed by atoms with Crippen LogP contribution in [-0.2, 0) is 9.59 Å². The highest BCUT2D eigenvalue weighted by Crippen LogP contribution is 2.05. The second kappa shape index (κ2) is 7.76. The first kappa shape index (κ1) is 14.6. The van der Waals surface area contributed by atoms with E-state index in [1.165, 1.54) is 6.08 Å². The summed E-state index contributed by atoms with van der Waals surface area (Å²) in [7, 11) is 0. The van der Waals surface area contributed by atoms with Crippen molar-refractivity contribution in [2.75, 3.05) is 6.54 Å². The largest absolute Gasteiger partial charge is 0.481 e. The Morgan fingerprint density at radius 2 is 2.08 bits per heavy atom. The summed E-state index contributed by atoms with van der Waals surface area (Å²) in [5.74, 6) is -1.96. The summed E-state index contributed by atoms with van der Waals surface area (Å²) >= 11 is 0. The number of Topliss-reactive ketones (excluding diaryl/α,β-unsaturated/α-hetero) is 1. The Morgan fingerprint density at radius 1 is 1.54 bits per heavy atom. The van der Waals surface area contributed by atoms with Gasteiger partial charge in [0.15, 0.2) is 0 Å². The summed E-state index contributed by atoms with van der Waals surface area (Å²) in [6, 6.07) is 0. The molecule has 4 nitrogen and oxygen atoms in total. The molecule has 0 aliphatic heterocycles. The lowest BCUT2D eigenvalue weighted by Gasteiger charge is -2.04. The van der Waals surface area contributed by atoms with Gasteiger partial charge in [-0.1, -0.05) is 12.2 Å². The zero-order valence-electron chi connectivity index (χ0n) is 7.40. The Kier molecular flexibility index (Phi) is 8.74. The van der Waals surface area contributed by atoms with Gasteiger partial charge in [0, 0.05) is 6.42 Å². The van der Waals surface area contributed by atoms with Gasteiger partial charge in [0.05, 0.1) is 12.5 Å². The van der Waals surface area contributed by atoms with E-state index in [-0.39, 0.29) is 31.2 Å². The van der Waals surface area contributed by atoms with Gasteiger partial charge in [-0.3, -0.25) is 9.59 Å². The SMILES string of the molecule is CC=CC(CC(=O)CN)C(=O)O.Cl. The maximum absolute atomic E-state index is 10.8. The van der Waals surface area contributed by atoms with E-state index in [9.17, 15) is 9.59 Å². The monoisotopic (exact) mass is 207 g/mol. The highest BCUT2D eigenvalue weighted by Gasteiger charge is 2.16. The Hall–Kier alpha value is -0.870. The number of rotatable bonds is 5. The fourth-order valence-electron chi connectivity index (χ4n) is 0.799. The Bertz CT molecular complexity index is 204. The first-order valence-corrected chi connectivity index (χ1v) is 3.69. The molecular formula is C8H14ClNO3. The minimum atomic E-state index is -0.991. The number of carbonyl (C=O) groups excluding carboxylic acids is 1. The molecule has 5 heteroatoms. The molecule has 0 aromatic heterocycles. The molecule has 0 aliphatic carbocycles. The Morgan fingerprint density at radius 3 is 2.38 bits per heavy atom. The third kappa shape index (κ3) is 6.31. The smallest absolute Gasteiger partial charge is 0.310 e. The van der Waals surface area contributed by atoms with Crippen LogP contribution in [0, 0.1) is 5.92 Å². The molecule has 0 bridgehead atoms. The lowest BCUT2D eigenvalue weighted by atomic mass is 10.0. The minimum Gasteiger partial charge on any atom is -0.481 e. The molecule has 0 saturated carbocycles. The van der Waals surface area contributed by atoms with Crippen molar-refractivity contribution in [3.8, 4) is 0 Å². The lowest BCUT2D eigenvalue weighted by molar-refractivity contribution is -0.141. The van der Waals surface area contributed by atoms with Crippen molar-refractivity contribution >= 4 is 24.2 Å². The molecule has 0 saturated heterocycles. The van der Waals surface area contributed by atoms with Crippen LogP contribution in [0.4, 0.5) is 0 Å². The first-order valence-electron chi connectivity index (χ1n) is 3.69. The third-order valence-corrected chi connectivity index (χ3v) is 1.42. The first-order chi connectivity index (χ1) is 5.61. The second-order valence-corrected chi connectivity index (χ2v) is 2.42. The zero-order valence-corrected chi connectivity index (χ0v) is 8.21. The van der Waals surface area contributed by atoms with Gasteiger partial charge in [0.1, 0.15) is 5.78 Å². The predicted molar refractivity (Wildman–Crippen MR) is 51.9 cm³/mol. The molecule has 0 aromatic rings. The number of nitrogens with two attached hydrogens (primary N) is 1. The molecular weight excluding hydrogens is 194 g/mol. The maximum atomic E-state index is 10.8. The number of halogens is 1. The van der Waals surface area contributed by atoms with Crippen LogP contribution in [0.3, 0.4) is 0 Å². The van der Waals surface area contributed by atoms with Gasteiger partial charge in [0.25, 0.3) is 0 Å². The van der Waals surface area contributed by atoms with Crippen molar-refractivity contribution in [3.05, 3.63) is 12.2 Å². The normalized spacial score (nSPS) is 12.2. The molecule has 0 radical (unpaired) electrons. The van der Waals surface area contributed by atoms with Crippen LogP contribution in [0.25, 0.3) is 0 Å². The van der Waals surface area contributed by atoms with Gasteiger partial charge in [-0.25, -0.2) is 0 Å². The summed E-state index contributed by atoms with van der Waals surface area (Å²) < 4.78 is 0. The third-order valence-electron chi connectivity index (χ3n) is 1.42. The molecule has 76 valence electrons. The molecule has 1 atom stereocenters. The minimum absolute atomic E-state index is 0. The predicted octanol–water partition coefficient (Wildman–Crippen LogP) is 0.603. The van der Waals surface area contributed by atoms with Crippen molar-refractivity contribution < 1.29 is 14.7 Å². The molecule has 0 fully saturated rings. The van der Waals surface area contributed by atoms with Gasteiger partial charge in [-0.15, -0.1) is 12.4 Å². The molecule has 13 heavy (non-hydrogen) atoms. The molecule has 0 spiro atoms. The number of carboxylic acid groups (broad SMARTS) is 1.